The predicted octanol–water partition coefficient (Wildman–Crippen LogP) is 3.51. The van der Waals surface area contributed by atoms with E-state index in [1.54, 1.807) is 18.6 Å². The summed E-state index contributed by atoms with van der Waals surface area (Å²) >= 11 is 0. The van der Waals surface area contributed by atoms with Crippen LogP contribution in [0.3, 0.4) is 0 Å². The van der Waals surface area contributed by atoms with E-state index in [0.717, 1.165) is 49.2 Å². The number of ether oxygens (including phenoxy) is 2. The lowest BCUT2D eigenvalue weighted by atomic mass is 9.91. The number of benzene rings is 1. The first-order chi connectivity index (χ1) is 14.8. The third-order valence-electron chi connectivity index (χ3n) is 5.60. The Labute approximate surface area is 182 Å². The van der Waals surface area contributed by atoms with Crippen molar-refractivity contribution in [1.82, 2.24) is 20.2 Å². The molecule has 1 fully saturated rings. The van der Waals surface area contributed by atoms with E-state index in [-0.39, 0.29) is 24.1 Å². The minimum Gasteiger partial charge on any atom is -0.491 e. The number of aromatic nitrogens is 2. The van der Waals surface area contributed by atoms with Crippen LogP contribution in [0.15, 0.2) is 30.7 Å². The van der Waals surface area contributed by atoms with E-state index in [9.17, 15) is 9.59 Å². The molecular weight excluding hydrogens is 396 g/mol. The summed E-state index contributed by atoms with van der Waals surface area (Å²) in [7, 11) is 0. The fourth-order valence-electron chi connectivity index (χ4n) is 4.10. The Morgan fingerprint density at radius 3 is 2.55 bits per heavy atom. The molecule has 2 heterocycles. The number of imidazole rings is 1. The molecule has 0 bridgehead atoms. The monoisotopic (exact) mass is 426 g/mol. The van der Waals surface area contributed by atoms with Crippen LogP contribution in [-0.2, 0) is 11.3 Å². The van der Waals surface area contributed by atoms with E-state index in [4.69, 9.17) is 9.47 Å². The maximum absolute atomic E-state index is 12.9. The fourth-order valence-corrected chi connectivity index (χ4v) is 4.10. The van der Waals surface area contributed by atoms with E-state index in [1.807, 2.05) is 37.5 Å². The zero-order chi connectivity index (χ0) is 22.0. The molecule has 0 unspecified atom stereocenters. The standard InChI is InChI=1S/C23H30N4O4/c1-23(2,3)31-22(29)26-17-7-5-16(6-8-17)25-21(28)15-4-9-20-18(12-15)19-13-24-14-27(19)10-11-30-20/h4,9,12-14,16-17H,5-8,10-11H2,1-3H3,(H,25,28)(H,26,29). The molecule has 2 aromatic rings. The van der Waals surface area contributed by atoms with E-state index >= 15 is 0 Å². The van der Waals surface area contributed by atoms with Crippen LogP contribution in [0.4, 0.5) is 4.79 Å². The summed E-state index contributed by atoms with van der Waals surface area (Å²) in [6, 6.07) is 5.70. The van der Waals surface area contributed by atoms with Crippen molar-refractivity contribution >= 4 is 12.0 Å². The summed E-state index contributed by atoms with van der Waals surface area (Å²) in [6.07, 6.45) is 6.44. The van der Waals surface area contributed by atoms with Gasteiger partial charge in [0, 0.05) is 23.2 Å². The SMILES string of the molecule is CC(C)(C)OC(=O)NC1CCC(NC(=O)c2ccc3c(c2)-c2cncn2CCO3)CC1. The fraction of sp³-hybridized carbons (Fsp3) is 0.522. The van der Waals surface area contributed by atoms with E-state index in [1.165, 1.54) is 0 Å². The van der Waals surface area contributed by atoms with Gasteiger partial charge in [0.2, 0.25) is 0 Å². The molecule has 166 valence electrons. The van der Waals surface area contributed by atoms with Crippen molar-refractivity contribution in [3.05, 3.63) is 36.3 Å². The normalized spacial score (nSPS) is 20.5. The molecule has 1 saturated carbocycles. The molecule has 2 amide bonds. The minimum absolute atomic E-state index is 0.0768. The third kappa shape index (κ3) is 5.18. The van der Waals surface area contributed by atoms with Crippen LogP contribution in [0.2, 0.25) is 0 Å². The zero-order valence-corrected chi connectivity index (χ0v) is 18.3. The van der Waals surface area contributed by atoms with Gasteiger partial charge in [-0.2, -0.15) is 0 Å². The van der Waals surface area contributed by atoms with Gasteiger partial charge < -0.3 is 24.7 Å². The van der Waals surface area contributed by atoms with Crippen molar-refractivity contribution in [2.24, 2.45) is 0 Å². The van der Waals surface area contributed by atoms with Gasteiger partial charge in [-0.05, 0) is 64.7 Å². The van der Waals surface area contributed by atoms with Crippen molar-refractivity contribution < 1.29 is 19.1 Å². The minimum atomic E-state index is -0.508. The molecular formula is C23H30N4O4. The Morgan fingerprint density at radius 1 is 1.13 bits per heavy atom. The summed E-state index contributed by atoms with van der Waals surface area (Å²) in [6.45, 7) is 6.85. The average Bonchev–Trinajstić information content (AvgIpc) is 3.09. The number of nitrogens with one attached hydrogen (secondary N) is 2. The molecule has 4 rings (SSSR count). The Hall–Kier alpha value is -3.03. The number of hydrogen-bond donors (Lipinski definition) is 2. The summed E-state index contributed by atoms with van der Waals surface area (Å²) < 4.78 is 13.2. The maximum Gasteiger partial charge on any atom is 0.407 e. The molecule has 8 nitrogen and oxygen atoms in total. The van der Waals surface area contributed by atoms with Crippen LogP contribution in [0.25, 0.3) is 11.3 Å². The molecule has 2 aliphatic rings. The lowest BCUT2D eigenvalue weighted by Crippen LogP contribution is -2.45. The third-order valence-corrected chi connectivity index (χ3v) is 5.60. The number of carbonyl (C=O) groups is 2. The number of amides is 2. The van der Waals surface area contributed by atoms with Gasteiger partial charge in [-0.15, -0.1) is 0 Å². The van der Waals surface area contributed by atoms with Crippen molar-refractivity contribution in [1.29, 1.82) is 0 Å². The van der Waals surface area contributed by atoms with Crippen LogP contribution in [-0.4, -0.2) is 45.8 Å². The van der Waals surface area contributed by atoms with Crippen molar-refractivity contribution in [2.75, 3.05) is 6.61 Å². The first-order valence-corrected chi connectivity index (χ1v) is 10.9. The molecule has 1 aliphatic heterocycles. The Morgan fingerprint density at radius 2 is 1.84 bits per heavy atom. The Balaban J connectivity index is 1.34. The maximum atomic E-state index is 12.9. The Bertz CT molecular complexity index is 955. The first-order valence-electron chi connectivity index (χ1n) is 10.9. The van der Waals surface area contributed by atoms with Crippen LogP contribution in [0, 0.1) is 0 Å². The van der Waals surface area contributed by atoms with Crippen LogP contribution in [0.5, 0.6) is 5.75 Å². The molecule has 0 spiro atoms. The average molecular weight is 427 g/mol. The summed E-state index contributed by atoms with van der Waals surface area (Å²) in [5.74, 6) is 0.672. The smallest absolute Gasteiger partial charge is 0.407 e. The number of rotatable bonds is 3. The quantitative estimate of drug-likeness (QED) is 0.783. The highest BCUT2D eigenvalue weighted by Gasteiger charge is 2.26. The number of carbonyl (C=O) groups excluding carboxylic acids is 2. The summed E-state index contributed by atoms with van der Waals surface area (Å²) in [5.41, 5.74) is 1.93. The molecule has 1 aromatic heterocycles. The number of nitrogens with zero attached hydrogens (tertiary/aromatic N) is 2. The second kappa shape index (κ2) is 8.61. The highest BCUT2D eigenvalue weighted by atomic mass is 16.6. The summed E-state index contributed by atoms with van der Waals surface area (Å²) in [5, 5.41) is 6.07. The molecule has 0 saturated heterocycles. The van der Waals surface area contributed by atoms with Gasteiger partial charge >= 0.3 is 6.09 Å². The Kier molecular flexibility index (Phi) is 5.89. The molecule has 2 N–H and O–H groups in total. The first kappa shape index (κ1) is 21.2. The van der Waals surface area contributed by atoms with Crippen LogP contribution in [0.1, 0.15) is 56.8 Å². The van der Waals surface area contributed by atoms with Gasteiger partial charge in [-0.25, -0.2) is 9.78 Å². The second-order valence-electron chi connectivity index (χ2n) is 9.20. The van der Waals surface area contributed by atoms with Crippen molar-refractivity contribution in [3.8, 4) is 17.0 Å². The van der Waals surface area contributed by atoms with E-state index < -0.39 is 5.60 Å². The van der Waals surface area contributed by atoms with Crippen LogP contribution >= 0.6 is 0 Å². The highest BCUT2D eigenvalue weighted by Crippen LogP contribution is 2.33. The lowest BCUT2D eigenvalue weighted by molar-refractivity contribution is 0.0488. The van der Waals surface area contributed by atoms with Crippen molar-refractivity contribution in [3.63, 3.8) is 0 Å². The number of alkyl carbamates (subject to hydrolysis) is 1. The van der Waals surface area contributed by atoms with Gasteiger partial charge in [-0.3, -0.25) is 4.79 Å². The molecule has 8 heteroatoms. The largest absolute Gasteiger partial charge is 0.491 e. The van der Waals surface area contributed by atoms with Crippen molar-refractivity contribution in [2.45, 2.75) is 70.7 Å². The van der Waals surface area contributed by atoms with Gasteiger partial charge in [0.1, 0.15) is 18.0 Å². The van der Waals surface area contributed by atoms with Crippen LogP contribution < -0.4 is 15.4 Å². The van der Waals surface area contributed by atoms with E-state index in [0.29, 0.717) is 12.2 Å². The summed E-state index contributed by atoms with van der Waals surface area (Å²) in [4.78, 5) is 29.1. The lowest BCUT2D eigenvalue weighted by Gasteiger charge is -2.30. The predicted molar refractivity (Wildman–Crippen MR) is 116 cm³/mol. The second-order valence-corrected chi connectivity index (χ2v) is 9.20. The highest BCUT2D eigenvalue weighted by molar-refractivity contribution is 5.96. The molecule has 1 aromatic carbocycles. The number of fused-ring (bicyclic) bond motifs is 3. The molecule has 31 heavy (non-hydrogen) atoms. The zero-order valence-electron chi connectivity index (χ0n) is 18.3. The topological polar surface area (TPSA) is 94.5 Å². The molecule has 1 aliphatic carbocycles. The van der Waals surface area contributed by atoms with Gasteiger partial charge in [0.05, 0.1) is 24.8 Å². The number of hydrogen-bond acceptors (Lipinski definition) is 5. The van der Waals surface area contributed by atoms with E-state index in [2.05, 4.69) is 15.6 Å². The molecule has 0 atom stereocenters. The van der Waals surface area contributed by atoms with Gasteiger partial charge in [0.15, 0.2) is 0 Å². The van der Waals surface area contributed by atoms with Gasteiger partial charge in [-0.1, -0.05) is 0 Å². The van der Waals surface area contributed by atoms with Gasteiger partial charge in [0.25, 0.3) is 5.91 Å². The molecule has 0 radical (unpaired) electrons.